The van der Waals surface area contributed by atoms with Crippen molar-refractivity contribution in [1.29, 1.82) is 0 Å². The largest absolute Gasteiger partial charge is 0.356 e. The minimum absolute atomic E-state index is 0.106. The van der Waals surface area contributed by atoms with Crippen molar-refractivity contribution in [2.24, 2.45) is 0 Å². The molecule has 0 radical (unpaired) electrons. The Kier molecular flexibility index (Phi) is 8.16. The van der Waals surface area contributed by atoms with Crippen LogP contribution in [0.5, 0.6) is 0 Å². The first kappa shape index (κ1) is 22.5. The molecule has 0 aliphatic rings. The fourth-order valence-electron chi connectivity index (χ4n) is 2.79. The number of aryl methyl sites for hydroxylation is 1. The summed E-state index contributed by atoms with van der Waals surface area (Å²) in [5, 5.41) is 4.00. The predicted molar refractivity (Wildman–Crippen MR) is 116 cm³/mol. The molecular formula is C20H24Cl2N2O3S. The highest BCUT2D eigenvalue weighted by molar-refractivity contribution is 7.92. The van der Waals surface area contributed by atoms with Gasteiger partial charge in [0.05, 0.1) is 11.9 Å². The van der Waals surface area contributed by atoms with Crippen molar-refractivity contribution in [2.75, 3.05) is 23.7 Å². The van der Waals surface area contributed by atoms with E-state index in [-0.39, 0.29) is 18.9 Å². The average Bonchev–Trinajstić information content (AvgIpc) is 2.62. The minimum Gasteiger partial charge on any atom is -0.356 e. The summed E-state index contributed by atoms with van der Waals surface area (Å²) in [6, 6.07) is 12.6. The molecule has 0 aliphatic heterocycles. The third-order valence-corrected chi connectivity index (χ3v) is 5.92. The van der Waals surface area contributed by atoms with E-state index in [1.54, 1.807) is 18.2 Å². The number of hydrogen-bond donors (Lipinski definition) is 1. The van der Waals surface area contributed by atoms with Gasteiger partial charge in [-0.05, 0) is 55.2 Å². The third kappa shape index (κ3) is 7.00. The highest BCUT2D eigenvalue weighted by Crippen LogP contribution is 2.26. The molecule has 5 nitrogen and oxygen atoms in total. The molecule has 2 aromatic rings. The SMILES string of the molecule is Cc1ccc(Cl)cc1N(CCCC(=O)NCCc1ccc(Cl)cc1)S(C)(=O)=O. The number of benzene rings is 2. The summed E-state index contributed by atoms with van der Waals surface area (Å²) in [4.78, 5) is 12.1. The van der Waals surface area contributed by atoms with Crippen molar-refractivity contribution in [2.45, 2.75) is 26.2 Å². The highest BCUT2D eigenvalue weighted by Gasteiger charge is 2.19. The average molecular weight is 443 g/mol. The van der Waals surface area contributed by atoms with Gasteiger partial charge in [0.1, 0.15) is 0 Å². The second-order valence-corrected chi connectivity index (χ2v) is 9.38. The van der Waals surface area contributed by atoms with Crippen LogP contribution in [0.1, 0.15) is 24.0 Å². The predicted octanol–water partition coefficient (Wildman–Crippen LogP) is 4.21. The number of nitrogens with zero attached hydrogens (tertiary/aromatic N) is 1. The lowest BCUT2D eigenvalue weighted by Crippen LogP contribution is -2.33. The number of anilines is 1. The fraction of sp³-hybridized carbons (Fsp3) is 0.350. The van der Waals surface area contributed by atoms with E-state index in [0.29, 0.717) is 35.1 Å². The van der Waals surface area contributed by atoms with Gasteiger partial charge in [0.15, 0.2) is 0 Å². The molecule has 8 heteroatoms. The normalized spacial score (nSPS) is 11.3. The summed E-state index contributed by atoms with van der Waals surface area (Å²) in [5.41, 5.74) is 2.43. The molecule has 0 bridgehead atoms. The van der Waals surface area contributed by atoms with Gasteiger partial charge in [-0.15, -0.1) is 0 Å². The molecule has 0 saturated carbocycles. The molecule has 152 valence electrons. The number of sulfonamides is 1. The standard InChI is InChI=1S/C20H24Cl2N2O3S/c1-15-5-8-18(22)14-19(15)24(28(2,26)27)13-3-4-20(25)23-12-11-16-6-9-17(21)10-7-16/h5-10,14H,3-4,11-13H2,1-2H3,(H,23,25). The zero-order valence-electron chi connectivity index (χ0n) is 15.9. The second-order valence-electron chi connectivity index (χ2n) is 6.60. The Hall–Kier alpha value is -1.76. The number of hydrogen-bond acceptors (Lipinski definition) is 3. The lowest BCUT2D eigenvalue weighted by molar-refractivity contribution is -0.121. The van der Waals surface area contributed by atoms with E-state index in [1.165, 1.54) is 4.31 Å². The van der Waals surface area contributed by atoms with E-state index in [1.807, 2.05) is 31.2 Å². The monoisotopic (exact) mass is 442 g/mol. The summed E-state index contributed by atoms with van der Waals surface area (Å²) in [6.45, 7) is 2.56. The van der Waals surface area contributed by atoms with Gasteiger partial charge in [0.2, 0.25) is 15.9 Å². The molecule has 28 heavy (non-hydrogen) atoms. The molecule has 1 N–H and O–H groups in total. The molecule has 0 saturated heterocycles. The quantitative estimate of drug-likeness (QED) is 0.632. The van der Waals surface area contributed by atoms with Gasteiger partial charge in [-0.25, -0.2) is 8.42 Å². The molecular weight excluding hydrogens is 419 g/mol. The van der Waals surface area contributed by atoms with Gasteiger partial charge in [0, 0.05) is 29.6 Å². The van der Waals surface area contributed by atoms with Crippen molar-refractivity contribution in [3.8, 4) is 0 Å². The number of carbonyl (C=O) groups is 1. The van der Waals surface area contributed by atoms with Gasteiger partial charge < -0.3 is 5.32 Å². The van der Waals surface area contributed by atoms with Gasteiger partial charge in [-0.2, -0.15) is 0 Å². The van der Waals surface area contributed by atoms with E-state index >= 15 is 0 Å². The Morgan fingerprint density at radius 1 is 1.07 bits per heavy atom. The lowest BCUT2D eigenvalue weighted by atomic mass is 10.1. The Morgan fingerprint density at radius 2 is 1.71 bits per heavy atom. The van der Waals surface area contributed by atoms with E-state index in [9.17, 15) is 13.2 Å². The molecule has 0 aromatic heterocycles. The first-order chi connectivity index (χ1) is 13.2. The van der Waals surface area contributed by atoms with Crippen LogP contribution in [-0.2, 0) is 21.2 Å². The van der Waals surface area contributed by atoms with Gasteiger partial charge in [0.25, 0.3) is 0 Å². The van der Waals surface area contributed by atoms with Crippen LogP contribution in [0, 0.1) is 6.92 Å². The van der Waals surface area contributed by atoms with Gasteiger partial charge in [-0.3, -0.25) is 9.10 Å². The van der Waals surface area contributed by atoms with Crippen LogP contribution in [0.25, 0.3) is 0 Å². The van der Waals surface area contributed by atoms with E-state index in [4.69, 9.17) is 23.2 Å². The summed E-state index contributed by atoms with van der Waals surface area (Å²) >= 11 is 11.9. The number of amides is 1. The lowest BCUT2D eigenvalue weighted by Gasteiger charge is -2.24. The molecule has 2 aromatic carbocycles. The van der Waals surface area contributed by atoms with Crippen LogP contribution < -0.4 is 9.62 Å². The second kappa shape index (κ2) is 10.1. The van der Waals surface area contributed by atoms with E-state index in [2.05, 4.69) is 5.32 Å². The van der Waals surface area contributed by atoms with Crippen LogP contribution in [0.15, 0.2) is 42.5 Å². The summed E-state index contributed by atoms with van der Waals surface area (Å²) in [6.07, 6.45) is 2.51. The molecule has 0 aliphatic carbocycles. The molecule has 1 amide bonds. The topological polar surface area (TPSA) is 66.5 Å². The smallest absolute Gasteiger partial charge is 0.232 e. The Bertz CT molecular complexity index is 916. The van der Waals surface area contributed by atoms with Crippen molar-refractivity contribution in [1.82, 2.24) is 5.32 Å². The van der Waals surface area contributed by atoms with Crippen LogP contribution in [-0.4, -0.2) is 33.7 Å². The maximum Gasteiger partial charge on any atom is 0.232 e. The highest BCUT2D eigenvalue weighted by atomic mass is 35.5. The molecule has 0 atom stereocenters. The van der Waals surface area contributed by atoms with Crippen LogP contribution in [0.3, 0.4) is 0 Å². The van der Waals surface area contributed by atoms with E-state index < -0.39 is 10.0 Å². The number of rotatable bonds is 9. The molecule has 0 spiro atoms. The van der Waals surface area contributed by atoms with Crippen LogP contribution in [0.4, 0.5) is 5.69 Å². The fourth-order valence-corrected chi connectivity index (χ4v) is 4.09. The number of carbonyl (C=O) groups excluding carboxylic acids is 1. The zero-order chi connectivity index (χ0) is 20.7. The third-order valence-electron chi connectivity index (χ3n) is 4.25. The van der Waals surface area contributed by atoms with Crippen molar-refractivity contribution in [3.05, 3.63) is 63.6 Å². The summed E-state index contributed by atoms with van der Waals surface area (Å²) < 4.78 is 25.7. The number of halogens is 2. The molecule has 2 rings (SSSR count). The maximum atomic E-state index is 12.2. The van der Waals surface area contributed by atoms with E-state index in [0.717, 1.165) is 17.4 Å². The van der Waals surface area contributed by atoms with Crippen LogP contribution in [0.2, 0.25) is 10.0 Å². The maximum absolute atomic E-state index is 12.2. The summed E-state index contributed by atoms with van der Waals surface area (Å²) in [5.74, 6) is -0.106. The summed E-state index contributed by atoms with van der Waals surface area (Å²) in [7, 11) is -3.48. The van der Waals surface area contributed by atoms with Gasteiger partial charge >= 0.3 is 0 Å². The minimum atomic E-state index is -3.48. The Morgan fingerprint density at radius 3 is 2.36 bits per heavy atom. The first-order valence-electron chi connectivity index (χ1n) is 8.92. The molecule has 0 unspecified atom stereocenters. The zero-order valence-corrected chi connectivity index (χ0v) is 18.2. The van der Waals surface area contributed by atoms with Gasteiger partial charge in [-0.1, -0.05) is 41.4 Å². The Labute approximate surface area is 176 Å². The molecule has 0 fully saturated rings. The van der Waals surface area contributed by atoms with Crippen molar-refractivity contribution < 1.29 is 13.2 Å². The Balaban J connectivity index is 1.85. The van der Waals surface area contributed by atoms with Crippen LogP contribution >= 0.6 is 23.2 Å². The molecule has 0 heterocycles. The number of nitrogens with one attached hydrogen (secondary N) is 1. The van der Waals surface area contributed by atoms with Crippen molar-refractivity contribution in [3.63, 3.8) is 0 Å². The first-order valence-corrected chi connectivity index (χ1v) is 11.5. The van der Waals surface area contributed by atoms with Crippen molar-refractivity contribution >= 4 is 44.8 Å².